The predicted molar refractivity (Wildman–Crippen MR) is 81.4 cm³/mol. The van der Waals surface area contributed by atoms with Crippen LogP contribution in [0.3, 0.4) is 0 Å². The molecule has 0 aliphatic carbocycles. The van der Waals surface area contributed by atoms with E-state index in [1.807, 2.05) is 0 Å². The van der Waals surface area contributed by atoms with Crippen LogP contribution in [-0.4, -0.2) is 22.3 Å². The minimum atomic E-state index is 0.761. The first kappa shape index (κ1) is 16.2. The smallest absolute Gasteiger partial charge is 0.133 e. The van der Waals surface area contributed by atoms with Crippen molar-refractivity contribution >= 4 is 29.2 Å². The van der Waals surface area contributed by atoms with Gasteiger partial charge in [-0.05, 0) is 18.8 Å². The lowest BCUT2D eigenvalue weighted by atomic mass is 10.1. The van der Waals surface area contributed by atoms with Gasteiger partial charge in [-0.2, -0.15) is 0 Å². The van der Waals surface area contributed by atoms with E-state index in [-0.39, 0.29) is 0 Å². The van der Waals surface area contributed by atoms with E-state index in [1.165, 1.54) is 38.5 Å². The molecule has 0 rings (SSSR count). The molecule has 96 valence electrons. The Labute approximate surface area is 112 Å². The molecule has 3 heteroatoms. The molecule has 0 spiro atoms. The monoisotopic (exact) mass is 261 g/mol. The van der Waals surface area contributed by atoms with Crippen LogP contribution in [0.4, 0.5) is 0 Å². The molecule has 0 radical (unpaired) electrons. The molecule has 0 aromatic rings. The summed E-state index contributed by atoms with van der Waals surface area (Å²) in [6, 6.07) is 0. The van der Waals surface area contributed by atoms with Crippen LogP contribution < -0.4 is 0 Å². The average Bonchev–Trinajstić information content (AvgIpc) is 2.21. The van der Waals surface area contributed by atoms with Crippen LogP contribution in [0, 0.1) is 5.92 Å². The van der Waals surface area contributed by atoms with Gasteiger partial charge in [0.25, 0.3) is 0 Å². The van der Waals surface area contributed by atoms with E-state index in [0.717, 1.165) is 23.3 Å². The van der Waals surface area contributed by atoms with Crippen LogP contribution in [0.1, 0.15) is 59.3 Å². The van der Waals surface area contributed by atoms with Crippen molar-refractivity contribution in [2.75, 3.05) is 13.1 Å². The van der Waals surface area contributed by atoms with E-state index >= 15 is 0 Å². The average molecular weight is 261 g/mol. The highest BCUT2D eigenvalue weighted by molar-refractivity contribution is 8.10. The molecule has 0 aromatic heterocycles. The number of nitrogens with zero attached hydrogens (tertiary/aromatic N) is 1. The van der Waals surface area contributed by atoms with Gasteiger partial charge in [-0.1, -0.05) is 58.7 Å². The van der Waals surface area contributed by atoms with Crippen LogP contribution in [0.25, 0.3) is 0 Å². The van der Waals surface area contributed by atoms with Crippen molar-refractivity contribution in [1.82, 2.24) is 4.90 Å². The Morgan fingerprint density at radius 1 is 1.12 bits per heavy atom. The molecule has 0 N–H and O–H groups in total. The van der Waals surface area contributed by atoms with E-state index in [0.29, 0.717) is 0 Å². The van der Waals surface area contributed by atoms with Gasteiger partial charge in [-0.3, -0.25) is 0 Å². The van der Waals surface area contributed by atoms with Crippen molar-refractivity contribution in [3.63, 3.8) is 0 Å². The fraction of sp³-hybridized carbons (Fsp3) is 0.923. The summed E-state index contributed by atoms with van der Waals surface area (Å²) in [6.07, 6.45) is 7.69. The summed E-state index contributed by atoms with van der Waals surface area (Å²) >= 11 is 9.42. The first-order valence-electron chi connectivity index (χ1n) is 6.55. The number of thiol groups is 1. The number of hydrogen-bond acceptors (Lipinski definition) is 1. The van der Waals surface area contributed by atoms with Crippen molar-refractivity contribution in [2.24, 2.45) is 5.92 Å². The third kappa shape index (κ3) is 9.46. The number of rotatable bonds is 9. The second-order valence-electron chi connectivity index (χ2n) is 4.87. The molecule has 0 heterocycles. The standard InChI is InChI=1S/C13H27NS2/c1-4-5-10-14(13(15)16)11-8-6-7-9-12(2)3/h12H,4-11H2,1-3H3,(H,15,16). The quantitative estimate of drug-likeness (QED) is 0.369. The summed E-state index contributed by atoms with van der Waals surface area (Å²) < 4.78 is 0.761. The topological polar surface area (TPSA) is 3.24 Å². The van der Waals surface area contributed by atoms with E-state index in [9.17, 15) is 0 Å². The SMILES string of the molecule is CCCCN(CCCCCC(C)C)C(=S)S. The highest BCUT2D eigenvalue weighted by atomic mass is 32.1. The summed E-state index contributed by atoms with van der Waals surface area (Å²) in [5.74, 6) is 0.835. The molecule has 0 bridgehead atoms. The normalized spacial score (nSPS) is 10.8. The fourth-order valence-corrected chi connectivity index (χ4v) is 2.07. The molecular weight excluding hydrogens is 234 g/mol. The van der Waals surface area contributed by atoms with Gasteiger partial charge in [0, 0.05) is 13.1 Å². The summed E-state index contributed by atoms with van der Waals surface area (Å²) in [5, 5.41) is 0. The molecule has 0 aliphatic heterocycles. The summed E-state index contributed by atoms with van der Waals surface area (Å²) in [4.78, 5) is 2.23. The van der Waals surface area contributed by atoms with Crippen molar-refractivity contribution in [3.05, 3.63) is 0 Å². The molecule has 1 nitrogen and oxygen atoms in total. The van der Waals surface area contributed by atoms with Crippen LogP contribution in [0.15, 0.2) is 0 Å². The van der Waals surface area contributed by atoms with E-state index in [4.69, 9.17) is 12.2 Å². The molecule has 16 heavy (non-hydrogen) atoms. The van der Waals surface area contributed by atoms with Crippen molar-refractivity contribution < 1.29 is 0 Å². The zero-order valence-corrected chi connectivity index (χ0v) is 12.7. The van der Waals surface area contributed by atoms with Crippen molar-refractivity contribution in [1.29, 1.82) is 0 Å². The molecular formula is C13H27NS2. The third-order valence-corrected chi connectivity index (χ3v) is 3.30. The molecule has 0 amide bonds. The van der Waals surface area contributed by atoms with E-state index in [2.05, 4.69) is 38.3 Å². The van der Waals surface area contributed by atoms with Gasteiger partial charge in [-0.25, -0.2) is 0 Å². The molecule has 0 aromatic carbocycles. The second kappa shape index (κ2) is 10.4. The van der Waals surface area contributed by atoms with Crippen LogP contribution >= 0.6 is 24.8 Å². The Morgan fingerprint density at radius 3 is 2.25 bits per heavy atom. The van der Waals surface area contributed by atoms with Gasteiger partial charge < -0.3 is 4.90 Å². The number of unbranched alkanes of at least 4 members (excludes halogenated alkanes) is 3. The largest absolute Gasteiger partial charge is 0.358 e. The summed E-state index contributed by atoms with van der Waals surface area (Å²) in [5.41, 5.74) is 0. The van der Waals surface area contributed by atoms with Crippen molar-refractivity contribution in [3.8, 4) is 0 Å². The molecule has 0 aliphatic rings. The Balaban J connectivity index is 3.56. The van der Waals surface area contributed by atoms with Gasteiger partial charge >= 0.3 is 0 Å². The first-order valence-corrected chi connectivity index (χ1v) is 7.41. The molecule has 0 atom stereocenters. The van der Waals surface area contributed by atoms with Gasteiger partial charge in [-0.15, -0.1) is 12.6 Å². The zero-order chi connectivity index (χ0) is 12.4. The maximum atomic E-state index is 5.14. The third-order valence-electron chi connectivity index (χ3n) is 2.76. The maximum absolute atomic E-state index is 5.14. The van der Waals surface area contributed by atoms with E-state index in [1.54, 1.807) is 0 Å². The Bertz CT molecular complexity index is 181. The van der Waals surface area contributed by atoms with Gasteiger partial charge in [0.15, 0.2) is 0 Å². The van der Waals surface area contributed by atoms with Crippen LogP contribution in [-0.2, 0) is 0 Å². The Hall–Kier alpha value is 0.240. The van der Waals surface area contributed by atoms with Gasteiger partial charge in [0.05, 0.1) is 0 Å². The fourth-order valence-electron chi connectivity index (χ4n) is 1.68. The van der Waals surface area contributed by atoms with E-state index < -0.39 is 0 Å². The highest BCUT2D eigenvalue weighted by Gasteiger charge is 2.04. The Morgan fingerprint density at radius 2 is 1.75 bits per heavy atom. The lowest BCUT2D eigenvalue weighted by molar-refractivity contribution is 0.399. The lowest BCUT2D eigenvalue weighted by Gasteiger charge is -2.22. The highest BCUT2D eigenvalue weighted by Crippen LogP contribution is 2.10. The minimum absolute atomic E-state index is 0.761. The summed E-state index contributed by atoms with van der Waals surface area (Å²) in [6.45, 7) is 8.94. The minimum Gasteiger partial charge on any atom is -0.358 e. The maximum Gasteiger partial charge on any atom is 0.133 e. The van der Waals surface area contributed by atoms with Gasteiger partial charge in [0.1, 0.15) is 4.32 Å². The zero-order valence-electron chi connectivity index (χ0n) is 11.0. The summed E-state index contributed by atoms with van der Waals surface area (Å²) in [7, 11) is 0. The lowest BCUT2D eigenvalue weighted by Crippen LogP contribution is -2.28. The van der Waals surface area contributed by atoms with Crippen LogP contribution in [0.5, 0.6) is 0 Å². The molecule has 0 unspecified atom stereocenters. The molecule has 0 saturated carbocycles. The number of hydrogen-bond donors (Lipinski definition) is 1. The molecule has 0 fully saturated rings. The van der Waals surface area contributed by atoms with Gasteiger partial charge in [0.2, 0.25) is 0 Å². The second-order valence-corrected chi connectivity index (χ2v) is 5.98. The first-order chi connectivity index (χ1) is 7.57. The predicted octanol–water partition coefficient (Wildman–Crippen LogP) is 4.52. The Kier molecular flexibility index (Phi) is 10.6. The van der Waals surface area contributed by atoms with Crippen molar-refractivity contribution in [2.45, 2.75) is 59.3 Å². The number of thiocarbonyl (C=S) groups is 1. The van der Waals surface area contributed by atoms with Crippen LogP contribution in [0.2, 0.25) is 0 Å². The molecule has 0 saturated heterocycles.